The number of nitrogens with one attached hydrogen (secondary N) is 1. The largest absolute Gasteiger partial charge is 0.398 e. The fourth-order valence-corrected chi connectivity index (χ4v) is 4.31. The van der Waals surface area contributed by atoms with Crippen LogP contribution in [0.3, 0.4) is 0 Å². The van der Waals surface area contributed by atoms with E-state index in [0.717, 1.165) is 12.8 Å². The number of halogens is 1. The Morgan fingerprint density at radius 1 is 1.37 bits per heavy atom. The number of anilines is 1. The smallest absolute Gasteiger partial charge is 0.242 e. The van der Waals surface area contributed by atoms with E-state index in [1.165, 1.54) is 25.0 Å². The molecule has 19 heavy (non-hydrogen) atoms. The molecule has 1 aromatic rings. The van der Waals surface area contributed by atoms with Crippen molar-refractivity contribution in [3.05, 3.63) is 23.2 Å². The standard InChI is InChI=1S/C13H19ClN2O2S/c1-9(10-4-2-3-5-10)16-19(17,18)13-8-11(14)6-7-12(13)15/h6-10,16H,2-5,15H2,1H3. The molecule has 6 heteroatoms. The Kier molecular flexibility index (Phi) is 4.38. The van der Waals surface area contributed by atoms with E-state index in [0.29, 0.717) is 10.9 Å². The Bertz CT molecular complexity index is 554. The summed E-state index contributed by atoms with van der Waals surface area (Å²) in [6, 6.07) is 4.40. The lowest BCUT2D eigenvalue weighted by Gasteiger charge is -2.20. The molecule has 1 fully saturated rings. The number of hydrogen-bond donors (Lipinski definition) is 2. The van der Waals surface area contributed by atoms with Gasteiger partial charge in [0.15, 0.2) is 0 Å². The van der Waals surface area contributed by atoms with Gasteiger partial charge in [0, 0.05) is 11.1 Å². The summed E-state index contributed by atoms with van der Waals surface area (Å²) in [4.78, 5) is 0.0600. The Morgan fingerprint density at radius 2 is 2.00 bits per heavy atom. The van der Waals surface area contributed by atoms with Crippen LogP contribution in [-0.4, -0.2) is 14.5 Å². The van der Waals surface area contributed by atoms with Gasteiger partial charge in [-0.25, -0.2) is 13.1 Å². The molecule has 1 aliphatic carbocycles. The van der Waals surface area contributed by atoms with Crippen LogP contribution in [0.1, 0.15) is 32.6 Å². The van der Waals surface area contributed by atoms with Crippen molar-refractivity contribution < 1.29 is 8.42 Å². The van der Waals surface area contributed by atoms with Gasteiger partial charge in [-0.15, -0.1) is 0 Å². The van der Waals surface area contributed by atoms with Crippen molar-refractivity contribution in [2.75, 3.05) is 5.73 Å². The first-order valence-corrected chi connectivity index (χ1v) is 8.33. The van der Waals surface area contributed by atoms with Crippen molar-refractivity contribution in [1.82, 2.24) is 4.72 Å². The Balaban J connectivity index is 2.19. The molecular weight excluding hydrogens is 284 g/mol. The molecule has 0 saturated heterocycles. The highest BCUT2D eigenvalue weighted by Crippen LogP contribution is 2.29. The first-order valence-electron chi connectivity index (χ1n) is 6.47. The zero-order valence-corrected chi connectivity index (χ0v) is 12.5. The SMILES string of the molecule is CC(NS(=O)(=O)c1cc(Cl)ccc1N)C1CCCC1. The van der Waals surface area contributed by atoms with Crippen molar-refractivity contribution in [3.8, 4) is 0 Å². The number of sulfonamides is 1. The molecule has 0 aliphatic heterocycles. The van der Waals surface area contributed by atoms with Crippen molar-refractivity contribution in [1.29, 1.82) is 0 Å². The minimum atomic E-state index is -3.61. The molecule has 0 bridgehead atoms. The quantitative estimate of drug-likeness (QED) is 0.840. The van der Waals surface area contributed by atoms with Crippen LogP contribution < -0.4 is 10.5 Å². The third kappa shape index (κ3) is 3.41. The number of rotatable bonds is 4. The highest BCUT2D eigenvalue weighted by atomic mass is 35.5. The van der Waals surface area contributed by atoms with Crippen LogP contribution in [0, 0.1) is 5.92 Å². The molecule has 1 aliphatic rings. The topological polar surface area (TPSA) is 72.2 Å². The molecular formula is C13H19ClN2O2S. The molecule has 0 radical (unpaired) electrons. The summed E-state index contributed by atoms with van der Waals surface area (Å²) >= 11 is 5.84. The highest BCUT2D eigenvalue weighted by molar-refractivity contribution is 7.89. The normalized spacial score (nSPS) is 18.6. The van der Waals surface area contributed by atoms with Crippen LogP contribution in [0.25, 0.3) is 0 Å². The van der Waals surface area contributed by atoms with Gasteiger partial charge in [0.25, 0.3) is 0 Å². The van der Waals surface area contributed by atoms with Crippen LogP contribution in [0.5, 0.6) is 0 Å². The third-order valence-corrected chi connectivity index (χ3v) is 5.56. The van der Waals surface area contributed by atoms with Crippen molar-refractivity contribution in [3.63, 3.8) is 0 Å². The molecule has 0 spiro atoms. The molecule has 0 amide bonds. The molecule has 1 atom stereocenters. The van der Waals surface area contributed by atoms with E-state index in [1.807, 2.05) is 6.92 Å². The van der Waals surface area contributed by atoms with E-state index >= 15 is 0 Å². The monoisotopic (exact) mass is 302 g/mol. The van der Waals surface area contributed by atoms with Crippen LogP contribution in [0.4, 0.5) is 5.69 Å². The van der Waals surface area contributed by atoms with Gasteiger partial charge >= 0.3 is 0 Å². The number of hydrogen-bond acceptors (Lipinski definition) is 3. The lowest BCUT2D eigenvalue weighted by Crippen LogP contribution is -2.37. The van der Waals surface area contributed by atoms with Gasteiger partial charge < -0.3 is 5.73 Å². The Morgan fingerprint density at radius 3 is 2.63 bits per heavy atom. The third-order valence-electron chi connectivity index (χ3n) is 3.71. The van der Waals surface area contributed by atoms with Crippen molar-refractivity contribution >= 4 is 27.3 Å². The van der Waals surface area contributed by atoms with Gasteiger partial charge in [-0.05, 0) is 43.9 Å². The summed E-state index contributed by atoms with van der Waals surface area (Å²) in [5.74, 6) is 0.412. The van der Waals surface area contributed by atoms with E-state index < -0.39 is 10.0 Å². The summed E-state index contributed by atoms with van der Waals surface area (Å²) < 4.78 is 27.4. The second-order valence-electron chi connectivity index (χ2n) is 5.14. The van der Waals surface area contributed by atoms with Crippen LogP contribution in [0.2, 0.25) is 5.02 Å². The zero-order chi connectivity index (χ0) is 14.0. The Labute approximate surface area is 119 Å². The Hall–Kier alpha value is -0.780. The maximum Gasteiger partial charge on any atom is 0.242 e. The van der Waals surface area contributed by atoms with Crippen LogP contribution >= 0.6 is 11.6 Å². The molecule has 106 valence electrons. The van der Waals surface area contributed by atoms with Crippen LogP contribution in [0.15, 0.2) is 23.1 Å². The van der Waals surface area contributed by atoms with Gasteiger partial charge in [-0.3, -0.25) is 0 Å². The second kappa shape index (κ2) is 5.69. The van der Waals surface area contributed by atoms with E-state index in [2.05, 4.69) is 4.72 Å². The molecule has 0 heterocycles. The van der Waals surface area contributed by atoms with E-state index in [1.54, 1.807) is 6.07 Å². The molecule has 4 nitrogen and oxygen atoms in total. The fourth-order valence-electron chi connectivity index (χ4n) is 2.60. The van der Waals surface area contributed by atoms with Gasteiger partial charge in [0.1, 0.15) is 4.90 Å². The molecule has 3 N–H and O–H groups in total. The first-order chi connectivity index (χ1) is 8.90. The summed E-state index contributed by atoms with van der Waals surface area (Å²) in [6.45, 7) is 1.91. The minimum absolute atomic E-state index is 0.0600. The summed E-state index contributed by atoms with van der Waals surface area (Å²) in [6.07, 6.45) is 4.51. The average molecular weight is 303 g/mol. The molecule has 2 rings (SSSR count). The number of nitrogens with two attached hydrogens (primary N) is 1. The first kappa shape index (κ1) is 14.6. The van der Waals surface area contributed by atoms with Crippen LogP contribution in [-0.2, 0) is 10.0 Å². The van der Waals surface area contributed by atoms with E-state index in [9.17, 15) is 8.42 Å². The van der Waals surface area contributed by atoms with Gasteiger partial charge in [-0.2, -0.15) is 0 Å². The molecule has 1 aromatic carbocycles. The van der Waals surface area contributed by atoms with Crippen molar-refractivity contribution in [2.45, 2.75) is 43.5 Å². The summed E-state index contributed by atoms with van der Waals surface area (Å²) in [5.41, 5.74) is 5.95. The molecule has 1 unspecified atom stereocenters. The zero-order valence-electron chi connectivity index (χ0n) is 10.9. The number of benzene rings is 1. The average Bonchev–Trinajstić information content (AvgIpc) is 2.85. The summed E-state index contributed by atoms with van der Waals surface area (Å²) in [5, 5.41) is 0.364. The maximum atomic E-state index is 12.3. The molecule has 0 aromatic heterocycles. The lowest BCUT2D eigenvalue weighted by atomic mass is 10.0. The predicted octanol–water partition coefficient (Wildman–Crippen LogP) is 2.78. The second-order valence-corrected chi connectivity index (χ2v) is 7.26. The van der Waals surface area contributed by atoms with E-state index in [-0.39, 0.29) is 16.6 Å². The summed E-state index contributed by atoms with van der Waals surface area (Å²) in [7, 11) is -3.61. The molecule has 1 saturated carbocycles. The van der Waals surface area contributed by atoms with Gasteiger partial charge in [0.2, 0.25) is 10.0 Å². The minimum Gasteiger partial charge on any atom is -0.398 e. The van der Waals surface area contributed by atoms with Crippen molar-refractivity contribution in [2.24, 2.45) is 5.92 Å². The van der Waals surface area contributed by atoms with Gasteiger partial charge in [0.05, 0.1) is 5.69 Å². The number of nitrogen functional groups attached to an aromatic ring is 1. The lowest BCUT2D eigenvalue weighted by molar-refractivity contribution is 0.424. The van der Waals surface area contributed by atoms with E-state index in [4.69, 9.17) is 17.3 Å². The van der Waals surface area contributed by atoms with Gasteiger partial charge in [-0.1, -0.05) is 24.4 Å². The fraction of sp³-hybridized carbons (Fsp3) is 0.538. The maximum absolute atomic E-state index is 12.3. The predicted molar refractivity (Wildman–Crippen MR) is 77.6 cm³/mol. The highest BCUT2D eigenvalue weighted by Gasteiger charge is 2.27.